The molecule has 0 fully saturated rings. The van der Waals surface area contributed by atoms with Gasteiger partial charge >= 0.3 is 5.97 Å². The van der Waals surface area contributed by atoms with Gasteiger partial charge in [-0.1, -0.05) is 67.3 Å². The van der Waals surface area contributed by atoms with Gasteiger partial charge in [-0.25, -0.2) is 9.48 Å². The van der Waals surface area contributed by atoms with Crippen molar-refractivity contribution < 1.29 is 9.90 Å². The molecule has 0 spiro atoms. The number of benzene rings is 1. The standard InChI is InChI=1S/C22H21ClN2O2/c1-5-8-16(9-6-2)19(7-3)21(17-10-12-18(23)13-11-17)25-15(4)14-20(24-25)22(26)27/h5-14H,1,3H2,2,4H3,(H,26,27)/b9-6-,16-8+,21-19+. The number of hydrogen-bond acceptors (Lipinski definition) is 2. The van der Waals surface area contributed by atoms with Gasteiger partial charge in [0.2, 0.25) is 0 Å². The number of allylic oxidation sites excluding steroid dienone is 7. The number of aryl methyl sites for hydroxylation is 1. The number of carboxylic acid groups (broad SMARTS) is 1. The molecule has 1 aromatic heterocycles. The zero-order valence-electron chi connectivity index (χ0n) is 15.3. The molecule has 0 aliphatic rings. The van der Waals surface area contributed by atoms with Gasteiger partial charge in [-0.05, 0) is 37.6 Å². The highest BCUT2D eigenvalue weighted by molar-refractivity contribution is 6.30. The quantitative estimate of drug-likeness (QED) is 0.629. The van der Waals surface area contributed by atoms with Crippen LogP contribution in [0.5, 0.6) is 0 Å². The first kappa shape index (κ1) is 20.2. The maximum absolute atomic E-state index is 11.4. The Morgan fingerprint density at radius 2 is 1.93 bits per heavy atom. The second kappa shape index (κ2) is 9.01. The van der Waals surface area contributed by atoms with E-state index in [1.807, 2.05) is 44.2 Å². The molecule has 1 aromatic carbocycles. The first-order valence-corrected chi connectivity index (χ1v) is 8.69. The molecule has 1 N–H and O–H groups in total. The van der Waals surface area contributed by atoms with Crippen molar-refractivity contribution in [2.45, 2.75) is 13.8 Å². The molecule has 0 aliphatic heterocycles. The highest BCUT2D eigenvalue weighted by Crippen LogP contribution is 2.29. The van der Waals surface area contributed by atoms with E-state index in [1.54, 1.807) is 29.0 Å². The topological polar surface area (TPSA) is 55.1 Å². The van der Waals surface area contributed by atoms with Crippen molar-refractivity contribution in [2.24, 2.45) is 0 Å². The van der Waals surface area contributed by atoms with Crippen LogP contribution in [0.4, 0.5) is 0 Å². The molecule has 0 aliphatic carbocycles. The predicted octanol–water partition coefficient (Wildman–Crippen LogP) is 5.68. The fraction of sp³-hybridized carbons (Fsp3) is 0.0909. The van der Waals surface area contributed by atoms with Crippen LogP contribution < -0.4 is 0 Å². The normalized spacial score (nSPS) is 12.8. The molecule has 4 nitrogen and oxygen atoms in total. The van der Waals surface area contributed by atoms with Crippen molar-refractivity contribution in [3.05, 3.63) is 107 Å². The van der Waals surface area contributed by atoms with Crippen LogP contribution in [0.1, 0.15) is 28.7 Å². The third-order valence-electron chi connectivity index (χ3n) is 3.85. The summed E-state index contributed by atoms with van der Waals surface area (Å²) in [5.41, 5.74) is 3.87. The van der Waals surface area contributed by atoms with Gasteiger partial charge in [0.05, 0.1) is 5.70 Å². The van der Waals surface area contributed by atoms with E-state index in [0.717, 1.165) is 16.7 Å². The Morgan fingerprint density at radius 1 is 1.26 bits per heavy atom. The Bertz CT molecular complexity index is 961. The molecular formula is C22H21ClN2O2. The summed E-state index contributed by atoms with van der Waals surface area (Å²) >= 11 is 6.04. The number of carboxylic acids is 1. The van der Waals surface area contributed by atoms with Crippen molar-refractivity contribution in [3.63, 3.8) is 0 Å². The van der Waals surface area contributed by atoms with Crippen LogP contribution in [0.3, 0.4) is 0 Å². The van der Waals surface area contributed by atoms with E-state index >= 15 is 0 Å². The van der Waals surface area contributed by atoms with Crippen LogP contribution in [0.15, 0.2) is 85.0 Å². The van der Waals surface area contributed by atoms with E-state index in [-0.39, 0.29) is 5.69 Å². The Morgan fingerprint density at radius 3 is 2.41 bits per heavy atom. The maximum atomic E-state index is 11.4. The fourth-order valence-electron chi connectivity index (χ4n) is 2.70. The van der Waals surface area contributed by atoms with Gasteiger partial charge in [-0.3, -0.25) is 0 Å². The molecule has 1 heterocycles. The third-order valence-corrected chi connectivity index (χ3v) is 4.10. The van der Waals surface area contributed by atoms with Crippen molar-refractivity contribution in [2.75, 3.05) is 0 Å². The summed E-state index contributed by atoms with van der Waals surface area (Å²) in [7, 11) is 0. The summed E-state index contributed by atoms with van der Waals surface area (Å²) in [6, 6.07) is 8.82. The molecular weight excluding hydrogens is 360 g/mol. The maximum Gasteiger partial charge on any atom is 0.356 e. The van der Waals surface area contributed by atoms with E-state index < -0.39 is 5.97 Å². The molecule has 2 rings (SSSR count). The highest BCUT2D eigenvalue weighted by Gasteiger charge is 2.18. The van der Waals surface area contributed by atoms with Gasteiger partial charge in [-0.2, -0.15) is 5.10 Å². The minimum Gasteiger partial charge on any atom is -0.476 e. The lowest BCUT2D eigenvalue weighted by atomic mass is 9.98. The van der Waals surface area contributed by atoms with Crippen LogP contribution in [0, 0.1) is 6.92 Å². The van der Waals surface area contributed by atoms with Crippen molar-refractivity contribution >= 4 is 23.3 Å². The first-order valence-electron chi connectivity index (χ1n) is 8.31. The second-order valence-electron chi connectivity index (χ2n) is 5.72. The Balaban J connectivity index is 2.89. The zero-order valence-corrected chi connectivity index (χ0v) is 16.1. The largest absolute Gasteiger partial charge is 0.476 e. The minimum absolute atomic E-state index is 0.0253. The number of nitrogens with zero attached hydrogens (tertiary/aromatic N) is 2. The molecule has 0 bridgehead atoms. The number of hydrogen-bond donors (Lipinski definition) is 1. The fourth-order valence-corrected chi connectivity index (χ4v) is 2.82. The molecule has 0 saturated carbocycles. The lowest BCUT2D eigenvalue weighted by Gasteiger charge is -2.16. The van der Waals surface area contributed by atoms with Gasteiger partial charge in [-0.15, -0.1) is 0 Å². The van der Waals surface area contributed by atoms with E-state index in [4.69, 9.17) is 11.6 Å². The average molecular weight is 381 g/mol. The van der Waals surface area contributed by atoms with Crippen LogP contribution >= 0.6 is 11.6 Å². The highest BCUT2D eigenvalue weighted by atomic mass is 35.5. The SMILES string of the molecule is C=C/C=C(\C=C/C)C(/C=C)=C(\c1ccc(Cl)cc1)n1nc(C(=O)O)cc1C. The molecule has 5 heteroatoms. The van der Waals surface area contributed by atoms with Crippen molar-refractivity contribution in [1.82, 2.24) is 9.78 Å². The number of halogens is 1. The number of carbonyl (C=O) groups is 1. The van der Waals surface area contributed by atoms with Crippen LogP contribution in [0.2, 0.25) is 5.02 Å². The van der Waals surface area contributed by atoms with Gasteiger partial charge in [0, 0.05) is 21.9 Å². The number of rotatable bonds is 7. The summed E-state index contributed by atoms with van der Waals surface area (Å²) in [6.45, 7) is 11.5. The second-order valence-corrected chi connectivity index (χ2v) is 6.16. The Kier molecular flexibility index (Phi) is 6.74. The molecule has 0 atom stereocenters. The molecule has 0 amide bonds. The number of aromatic carboxylic acids is 1. The third kappa shape index (κ3) is 4.54. The Labute approximate surface area is 164 Å². The van der Waals surface area contributed by atoms with Crippen molar-refractivity contribution in [1.29, 1.82) is 0 Å². The molecule has 0 radical (unpaired) electrons. The van der Waals surface area contributed by atoms with Gasteiger partial charge < -0.3 is 5.11 Å². The minimum atomic E-state index is -1.08. The smallest absolute Gasteiger partial charge is 0.356 e. The summed E-state index contributed by atoms with van der Waals surface area (Å²) in [5, 5.41) is 14.2. The first-order chi connectivity index (χ1) is 12.9. The van der Waals surface area contributed by atoms with E-state index in [2.05, 4.69) is 18.3 Å². The monoisotopic (exact) mass is 380 g/mol. The average Bonchev–Trinajstić information content (AvgIpc) is 3.02. The predicted molar refractivity (Wildman–Crippen MR) is 111 cm³/mol. The van der Waals surface area contributed by atoms with E-state index in [9.17, 15) is 9.90 Å². The molecule has 0 saturated heterocycles. The molecule has 27 heavy (non-hydrogen) atoms. The van der Waals surface area contributed by atoms with E-state index in [1.165, 1.54) is 6.07 Å². The number of aromatic nitrogens is 2. The van der Waals surface area contributed by atoms with Crippen LogP contribution in [-0.4, -0.2) is 20.9 Å². The summed E-state index contributed by atoms with van der Waals surface area (Å²) < 4.78 is 1.62. The molecule has 0 unspecified atom stereocenters. The summed E-state index contributed by atoms with van der Waals surface area (Å²) in [4.78, 5) is 11.4. The van der Waals surface area contributed by atoms with Crippen LogP contribution in [-0.2, 0) is 0 Å². The van der Waals surface area contributed by atoms with E-state index in [0.29, 0.717) is 16.4 Å². The zero-order chi connectivity index (χ0) is 20.0. The van der Waals surface area contributed by atoms with Crippen molar-refractivity contribution in [3.8, 4) is 0 Å². The van der Waals surface area contributed by atoms with Gasteiger partial charge in [0.15, 0.2) is 5.69 Å². The van der Waals surface area contributed by atoms with Gasteiger partial charge in [0.25, 0.3) is 0 Å². The Hall–Kier alpha value is -3.11. The lowest BCUT2D eigenvalue weighted by molar-refractivity contribution is 0.0690. The summed E-state index contributed by atoms with van der Waals surface area (Å²) in [5.74, 6) is -1.08. The molecule has 138 valence electrons. The summed E-state index contributed by atoms with van der Waals surface area (Å²) in [6.07, 6.45) is 9.13. The van der Waals surface area contributed by atoms with Gasteiger partial charge in [0.1, 0.15) is 0 Å². The van der Waals surface area contributed by atoms with Crippen LogP contribution in [0.25, 0.3) is 5.70 Å². The molecule has 2 aromatic rings. The lowest BCUT2D eigenvalue weighted by Crippen LogP contribution is -2.08.